The fraction of sp³-hybridized carbons (Fsp3) is 0.556. The zero-order valence-corrected chi connectivity index (χ0v) is 16.2. The molecule has 1 atom stereocenters. The van der Waals surface area contributed by atoms with Crippen LogP contribution in [0.4, 0.5) is 11.6 Å². The number of aliphatic hydroxyl groups is 1. The summed E-state index contributed by atoms with van der Waals surface area (Å²) >= 11 is 0. The lowest BCUT2D eigenvalue weighted by atomic mass is 10.1. The first-order valence-electron chi connectivity index (χ1n) is 9.29. The molecule has 0 aliphatic carbocycles. The van der Waals surface area contributed by atoms with Crippen LogP contribution >= 0.6 is 0 Å². The van der Waals surface area contributed by atoms with E-state index in [0.717, 1.165) is 48.2 Å². The van der Waals surface area contributed by atoms with E-state index in [9.17, 15) is 13.5 Å². The van der Waals surface area contributed by atoms with Gasteiger partial charge >= 0.3 is 0 Å². The number of hydrogen-bond acceptors (Lipinski definition) is 7. The second-order valence-corrected chi connectivity index (χ2v) is 9.38. The lowest BCUT2D eigenvalue weighted by molar-refractivity contribution is 0.198. The summed E-state index contributed by atoms with van der Waals surface area (Å²) in [6, 6.07) is 4.14. The van der Waals surface area contributed by atoms with Gasteiger partial charge in [-0.15, -0.1) is 0 Å². The van der Waals surface area contributed by atoms with E-state index in [2.05, 4.69) is 20.2 Å². The minimum atomic E-state index is -3.11. The highest BCUT2D eigenvalue weighted by Crippen LogP contribution is 2.29. The average molecular weight is 391 g/mol. The second kappa shape index (κ2) is 7.21. The molecule has 0 radical (unpaired) electrons. The summed E-state index contributed by atoms with van der Waals surface area (Å²) in [5.74, 6) is 1.65. The Bertz CT molecular complexity index is 928. The quantitative estimate of drug-likeness (QED) is 0.803. The molecule has 2 fully saturated rings. The number of pyridine rings is 2. The first-order valence-corrected chi connectivity index (χ1v) is 11.1. The molecule has 0 amide bonds. The van der Waals surface area contributed by atoms with Crippen LogP contribution in [0.2, 0.25) is 0 Å². The SMILES string of the molecule is CS(=O)(=O)N1CCC(Nc2cc3c(N4CCC(O)C4)nccc3cn2)CC1. The third-order valence-electron chi connectivity index (χ3n) is 5.36. The van der Waals surface area contributed by atoms with Gasteiger partial charge < -0.3 is 15.3 Å². The molecule has 8 nitrogen and oxygen atoms in total. The highest BCUT2D eigenvalue weighted by Gasteiger charge is 2.26. The Morgan fingerprint density at radius 1 is 1.19 bits per heavy atom. The third kappa shape index (κ3) is 3.99. The molecule has 0 spiro atoms. The molecule has 27 heavy (non-hydrogen) atoms. The van der Waals surface area contributed by atoms with Crippen molar-refractivity contribution in [3.8, 4) is 0 Å². The fourth-order valence-corrected chi connectivity index (χ4v) is 4.73. The van der Waals surface area contributed by atoms with Crippen molar-refractivity contribution in [2.75, 3.05) is 42.7 Å². The van der Waals surface area contributed by atoms with Gasteiger partial charge in [-0.3, -0.25) is 0 Å². The molecular weight excluding hydrogens is 366 g/mol. The van der Waals surface area contributed by atoms with Crippen molar-refractivity contribution in [1.29, 1.82) is 0 Å². The van der Waals surface area contributed by atoms with Crippen LogP contribution in [0.25, 0.3) is 10.8 Å². The monoisotopic (exact) mass is 391 g/mol. The summed E-state index contributed by atoms with van der Waals surface area (Å²) in [6.45, 7) is 2.45. The van der Waals surface area contributed by atoms with E-state index in [4.69, 9.17) is 0 Å². The van der Waals surface area contributed by atoms with Crippen LogP contribution in [0.1, 0.15) is 19.3 Å². The van der Waals surface area contributed by atoms with Crippen molar-refractivity contribution in [3.05, 3.63) is 24.5 Å². The summed E-state index contributed by atoms with van der Waals surface area (Å²) in [4.78, 5) is 11.2. The molecule has 2 aliphatic heterocycles. The van der Waals surface area contributed by atoms with Gasteiger partial charge in [-0.05, 0) is 31.4 Å². The number of nitrogens with one attached hydrogen (secondary N) is 1. The van der Waals surface area contributed by atoms with Gasteiger partial charge in [0.25, 0.3) is 0 Å². The number of anilines is 2. The molecule has 1 unspecified atom stereocenters. The van der Waals surface area contributed by atoms with Crippen molar-refractivity contribution < 1.29 is 13.5 Å². The standard InChI is InChI=1S/C18H25N5O3S/c1-27(25,26)23-8-3-14(4-9-23)21-17-10-16-13(11-20-17)2-6-19-18(16)22-7-5-15(24)12-22/h2,6,10-11,14-15,24H,3-5,7-9,12H2,1H3,(H,20,21). The van der Waals surface area contributed by atoms with Gasteiger partial charge in [0, 0.05) is 55.4 Å². The lowest BCUT2D eigenvalue weighted by Gasteiger charge is -2.31. The summed E-state index contributed by atoms with van der Waals surface area (Å²) in [5.41, 5.74) is 0. The maximum atomic E-state index is 11.6. The number of hydrogen-bond donors (Lipinski definition) is 2. The van der Waals surface area contributed by atoms with Crippen molar-refractivity contribution in [2.45, 2.75) is 31.4 Å². The van der Waals surface area contributed by atoms with E-state index < -0.39 is 10.0 Å². The summed E-state index contributed by atoms with van der Waals surface area (Å²) in [5, 5.41) is 15.3. The van der Waals surface area contributed by atoms with E-state index in [0.29, 0.717) is 19.6 Å². The largest absolute Gasteiger partial charge is 0.391 e. The Morgan fingerprint density at radius 2 is 1.96 bits per heavy atom. The van der Waals surface area contributed by atoms with Crippen LogP contribution in [0.15, 0.2) is 24.5 Å². The Kier molecular flexibility index (Phi) is 4.92. The Labute approximate surface area is 159 Å². The van der Waals surface area contributed by atoms with Crippen LogP contribution in [-0.4, -0.2) is 72.4 Å². The molecule has 2 aliphatic rings. The van der Waals surface area contributed by atoms with Gasteiger partial charge in [0.15, 0.2) is 0 Å². The van der Waals surface area contributed by atoms with Crippen molar-refractivity contribution in [2.24, 2.45) is 0 Å². The lowest BCUT2D eigenvalue weighted by Crippen LogP contribution is -2.41. The molecule has 4 rings (SSSR count). The molecule has 2 saturated heterocycles. The third-order valence-corrected chi connectivity index (χ3v) is 6.67. The number of rotatable bonds is 4. The maximum Gasteiger partial charge on any atom is 0.211 e. The van der Waals surface area contributed by atoms with E-state index in [1.54, 1.807) is 6.20 Å². The molecule has 9 heteroatoms. The molecule has 0 aromatic carbocycles. The molecule has 0 bridgehead atoms. The van der Waals surface area contributed by atoms with Gasteiger partial charge in [-0.25, -0.2) is 22.7 Å². The van der Waals surface area contributed by atoms with Crippen molar-refractivity contribution in [1.82, 2.24) is 14.3 Å². The summed E-state index contributed by atoms with van der Waals surface area (Å²) < 4.78 is 24.8. The first kappa shape index (κ1) is 18.4. The smallest absolute Gasteiger partial charge is 0.211 e. The molecule has 2 N–H and O–H groups in total. The second-order valence-electron chi connectivity index (χ2n) is 7.39. The Hall–Kier alpha value is -1.97. The van der Waals surface area contributed by atoms with Crippen LogP contribution in [0.5, 0.6) is 0 Å². The number of piperidine rings is 1. The van der Waals surface area contributed by atoms with Gasteiger partial charge in [0.2, 0.25) is 10.0 Å². The highest BCUT2D eigenvalue weighted by atomic mass is 32.2. The number of aliphatic hydroxyl groups excluding tert-OH is 1. The topological polar surface area (TPSA) is 98.7 Å². The minimum Gasteiger partial charge on any atom is -0.391 e. The minimum absolute atomic E-state index is 0.196. The number of aromatic nitrogens is 2. The zero-order valence-electron chi connectivity index (χ0n) is 15.4. The first-order chi connectivity index (χ1) is 12.9. The summed E-state index contributed by atoms with van der Waals surface area (Å²) in [7, 11) is -3.11. The van der Waals surface area contributed by atoms with E-state index in [-0.39, 0.29) is 12.1 Å². The molecular formula is C18H25N5O3S. The fourth-order valence-electron chi connectivity index (χ4n) is 3.86. The Balaban J connectivity index is 1.52. The van der Waals surface area contributed by atoms with Gasteiger partial charge in [0.05, 0.1) is 12.4 Å². The Morgan fingerprint density at radius 3 is 2.63 bits per heavy atom. The normalized spacial score (nSPS) is 22.4. The molecule has 4 heterocycles. The van der Waals surface area contributed by atoms with Crippen LogP contribution in [-0.2, 0) is 10.0 Å². The average Bonchev–Trinajstić information content (AvgIpc) is 3.07. The highest BCUT2D eigenvalue weighted by molar-refractivity contribution is 7.88. The predicted octanol–water partition coefficient (Wildman–Crippen LogP) is 1.04. The van der Waals surface area contributed by atoms with Gasteiger partial charge in [0.1, 0.15) is 11.6 Å². The van der Waals surface area contributed by atoms with Crippen LogP contribution in [0.3, 0.4) is 0 Å². The molecule has 2 aromatic rings. The van der Waals surface area contributed by atoms with Crippen molar-refractivity contribution in [3.63, 3.8) is 0 Å². The predicted molar refractivity (Wildman–Crippen MR) is 105 cm³/mol. The number of fused-ring (bicyclic) bond motifs is 1. The number of β-amino-alcohol motifs (C(OH)–C–C–N with tert-alkyl or cyclic N) is 1. The van der Waals surface area contributed by atoms with E-state index in [1.807, 2.05) is 18.3 Å². The zero-order chi connectivity index (χ0) is 19.0. The van der Waals surface area contributed by atoms with Crippen LogP contribution < -0.4 is 10.2 Å². The van der Waals surface area contributed by atoms with Gasteiger partial charge in [-0.2, -0.15) is 0 Å². The summed E-state index contributed by atoms with van der Waals surface area (Å²) in [6.07, 6.45) is 6.83. The number of sulfonamides is 1. The van der Waals surface area contributed by atoms with Gasteiger partial charge in [-0.1, -0.05) is 0 Å². The van der Waals surface area contributed by atoms with E-state index in [1.165, 1.54) is 10.6 Å². The van der Waals surface area contributed by atoms with Crippen LogP contribution in [0, 0.1) is 0 Å². The van der Waals surface area contributed by atoms with E-state index >= 15 is 0 Å². The molecule has 0 saturated carbocycles. The van der Waals surface area contributed by atoms with Crippen molar-refractivity contribution >= 4 is 32.4 Å². The molecule has 2 aromatic heterocycles. The molecule has 146 valence electrons. The maximum absolute atomic E-state index is 11.6. The number of nitrogens with zero attached hydrogens (tertiary/aromatic N) is 4.